The molecule has 0 unspecified atom stereocenters. The Morgan fingerprint density at radius 2 is 2.29 bits per heavy atom. The largest absolute Gasteiger partial charge is 0.506 e. The van der Waals surface area contributed by atoms with Gasteiger partial charge in [-0.3, -0.25) is 0 Å². The molecule has 1 aromatic heterocycles. The first-order valence-electron chi connectivity index (χ1n) is 4.26. The zero-order valence-electron chi connectivity index (χ0n) is 7.58. The molecule has 14 heavy (non-hydrogen) atoms. The van der Waals surface area contributed by atoms with Gasteiger partial charge < -0.3 is 9.84 Å². The SMILES string of the molecule is CCOc1ccc(O)c2sc(Br)cc12. The summed E-state index contributed by atoms with van der Waals surface area (Å²) in [6, 6.07) is 5.42. The second kappa shape index (κ2) is 3.79. The van der Waals surface area contributed by atoms with Crippen LogP contribution in [0.2, 0.25) is 0 Å². The topological polar surface area (TPSA) is 29.5 Å². The first kappa shape index (κ1) is 9.80. The number of phenolic OH excluding ortho intramolecular Hbond substituents is 1. The van der Waals surface area contributed by atoms with Crippen LogP contribution < -0.4 is 4.74 Å². The van der Waals surface area contributed by atoms with Crippen LogP contribution in [0.25, 0.3) is 10.1 Å². The molecule has 0 radical (unpaired) electrons. The van der Waals surface area contributed by atoms with Gasteiger partial charge in [-0.05, 0) is 41.1 Å². The van der Waals surface area contributed by atoms with Crippen molar-refractivity contribution in [2.45, 2.75) is 6.92 Å². The maximum Gasteiger partial charge on any atom is 0.133 e. The number of thiophene rings is 1. The molecule has 2 rings (SSSR count). The molecular weight excluding hydrogens is 264 g/mol. The van der Waals surface area contributed by atoms with Crippen LogP contribution >= 0.6 is 27.3 Å². The summed E-state index contributed by atoms with van der Waals surface area (Å²) < 4.78 is 7.32. The summed E-state index contributed by atoms with van der Waals surface area (Å²) in [6.45, 7) is 2.58. The number of rotatable bonds is 2. The molecule has 0 bridgehead atoms. The van der Waals surface area contributed by atoms with E-state index in [9.17, 15) is 5.11 Å². The molecule has 0 amide bonds. The standard InChI is InChI=1S/C10H9BrO2S/c1-2-13-8-4-3-7(12)10-6(8)5-9(11)14-10/h3-5,12H,2H2,1H3. The number of fused-ring (bicyclic) bond motifs is 1. The van der Waals surface area contributed by atoms with Crippen molar-refractivity contribution in [2.75, 3.05) is 6.61 Å². The minimum Gasteiger partial charge on any atom is -0.506 e. The molecule has 1 aromatic carbocycles. The van der Waals surface area contributed by atoms with Crippen molar-refractivity contribution in [1.82, 2.24) is 0 Å². The zero-order valence-corrected chi connectivity index (χ0v) is 9.98. The third-order valence-electron chi connectivity index (χ3n) is 1.89. The maximum absolute atomic E-state index is 9.61. The van der Waals surface area contributed by atoms with Crippen molar-refractivity contribution in [3.8, 4) is 11.5 Å². The summed E-state index contributed by atoms with van der Waals surface area (Å²) in [5, 5.41) is 10.6. The molecule has 1 N–H and O–H groups in total. The lowest BCUT2D eigenvalue weighted by Gasteiger charge is -2.04. The van der Waals surface area contributed by atoms with Crippen LogP contribution in [-0.4, -0.2) is 11.7 Å². The maximum atomic E-state index is 9.61. The second-order valence-corrected chi connectivity index (χ2v) is 5.24. The third kappa shape index (κ3) is 1.60. The lowest BCUT2D eigenvalue weighted by molar-refractivity contribution is 0.344. The van der Waals surface area contributed by atoms with Crippen LogP contribution in [0.5, 0.6) is 11.5 Å². The minimum absolute atomic E-state index is 0.305. The lowest BCUT2D eigenvalue weighted by atomic mass is 10.2. The van der Waals surface area contributed by atoms with E-state index in [0.717, 1.165) is 19.6 Å². The fraction of sp³-hybridized carbons (Fsp3) is 0.200. The van der Waals surface area contributed by atoms with Crippen molar-refractivity contribution < 1.29 is 9.84 Å². The number of phenols is 1. The molecule has 0 spiro atoms. The predicted octanol–water partition coefficient (Wildman–Crippen LogP) is 3.77. The van der Waals surface area contributed by atoms with E-state index in [1.807, 2.05) is 13.0 Å². The summed E-state index contributed by atoms with van der Waals surface area (Å²) in [7, 11) is 0. The van der Waals surface area contributed by atoms with Crippen molar-refractivity contribution in [3.63, 3.8) is 0 Å². The van der Waals surface area contributed by atoms with Gasteiger partial charge in [-0.25, -0.2) is 0 Å². The van der Waals surface area contributed by atoms with Gasteiger partial charge in [-0.1, -0.05) is 0 Å². The van der Waals surface area contributed by atoms with Crippen LogP contribution in [0.1, 0.15) is 6.92 Å². The molecule has 0 aliphatic heterocycles. The lowest BCUT2D eigenvalue weighted by Crippen LogP contribution is -1.90. The first-order chi connectivity index (χ1) is 6.72. The van der Waals surface area contributed by atoms with Crippen LogP contribution in [0.15, 0.2) is 22.0 Å². The Morgan fingerprint density at radius 3 is 3.00 bits per heavy atom. The zero-order chi connectivity index (χ0) is 10.1. The van der Waals surface area contributed by atoms with E-state index in [2.05, 4.69) is 15.9 Å². The average Bonchev–Trinajstić information content (AvgIpc) is 2.53. The molecule has 0 aliphatic rings. The van der Waals surface area contributed by atoms with E-state index in [-0.39, 0.29) is 0 Å². The summed E-state index contributed by atoms with van der Waals surface area (Å²) >= 11 is 4.90. The Labute approximate surface area is 94.3 Å². The molecule has 1 heterocycles. The Bertz CT molecular complexity index is 464. The van der Waals surface area contributed by atoms with E-state index < -0.39 is 0 Å². The Kier molecular flexibility index (Phi) is 2.65. The molecular formula is C10H9BrO2S. The summed E-state index contributed by atoms with van der Waals surface area (Å²) in [4.78, 5) is 0. The summed E-state index contributed by atoms with van der Waals surface area (Å²) in [5.41, 5.74) is 0. The van der Waals surface area contributed by atoms with E-state index in [0.29, 0.717) is 12.4 Å². The normalized spacial score (nSPS) is 10.7. The molecule has 0 saturated carbocycles. The van der Waals surface area contributed by atoms with Gasteiger partial charge in [0.15, 0.2) is 0 Å². The highest BCUT2D eigenvalue weighted by molar-refractivity contribution is 9.11. The highest BCUT2D eigenvalue weighted by atomic mass is 79.9. The number of benzene rings is 1. The van der Waals surface area contributed by atoms with Crippen LogP contribution in [0.3, 0.4) is 0 Å². The first-order valence-corrected chi connectivity index (χ1v) is 5.87. The van der Waals surface area contributed by atoms with Crippen LogP contribution in [-0.2, 0) is 0 Å². The molecule has 0 atom stereocenters. The summed E-state index contributed by atoms with van der Waals surface area (Å²) in [5.74, 6) is 1.13. The number of hydrogen-bond acceptors (Lipinski definition) is 3. The van der Waals surface area contributed by atoms with Crippen molar-refractivity contribution in [1.29, 1.82) is 0 Å². The van der Waals surface area contributed by atoms with Crippen molar-refractivity contribution in [3.05, 3.63) is 22.0 Å². The highest BCUT2D eigenvalue weighted by Gasteiger charge is 2.09. The average molecular weight is 273 g/mol. The van der Waals surface area contributed by atoms with Crippen molar-refractivity contribution in [2.24, 2.45) is 0 Å². The molecule has 0 saturated heterocycles. The van der Waals surface area contributed by atoms with Gasteiger partial charge in [0.25, 0.3) is 0 Å². The number of halogens is 1. The number of ether oxygens (including phenoxy) is 1. The summed E-state index contributed by atoms with van der Waals surface area (Å²) in [6.07, 6.45) is 0. The molecule has 2 nitrogen and oxygen atoms in total. The van der Waals surface area contributed by atoms with E-state index >= 15 is 0 Å². The van der Waals surface area contributed by atoms with Gasteiger partial charge in [0.2, 0.25) is 0 Å². The minimum atomic E-state index is 0.305. The fourth-order valence-corrected chi connectivity index (χ4v) is 2.86. The van der Waals surface area contributed by atoms with Gasteiger partial charge in [-0.15, -0.1) is 11.3 Å². The molecule has 0 aliphatic carbocycles. The Morgan fingerprint density at radius 1 is 1.50 bits per heavy atom. The monoisotopic (exact) mass is 272 g/mol. The quantitative estimate of drug-likeness (QED) is 0.902. The Balaban J connectivity index is 2.68. The van der Waals surface area contributed by atoms with E-state index in [4.69, 9.17) is 4.74 Å². The Hall–Kier alpha value is -0.740. The number of aromatic hydroxyl groups is 1. The predicted molar refractivity (Wildman–Crippen MR) is 62.4 cm³/mol. The molecule has 2 aromatic rings. The highest BCUT2D eigenvalue weighted by Crippen LogP contribution is 2.40. The van der Waals surface area contributed by atoms with E-state index in [1.165, 1.54) is 11.3 Å². The van der Waals surface area contributed by atoms with Gasteiger partial charge in [0, 0.05) is 5.39 Å². The van der Waals surface area contributed by atoms with Gasteiger partial charge >= 0.3 is 0 Å². The van der Waals surface area contributed by atoms with E-state index in [1.54, 1.807) is 12.1 Å². The van der Waals surface area contributed by atoms with Crippen LogP contribution in [0.4, 0.5) is 0 Å². The van der Waals surface area contributed by atoms with Gasteiger partial charge in [0.05, 0.1) is 15.1 Å². The van der Waals surface area contributed by atoms with Crippen LogP contribution in [0, 0.1) is 0 Å². The third-order valence-corrected chi connectivity index (χ3v) is 3.55. The number of hydrogen-bond donors (Lipinski definition) is 1. The smallest absolute Gasteiger partial charge is 0.133 e. The fourth-order valence-electron chi connectivity index (χ4n) is 1.34. The molecule has 4 heteroatoms. The van der Waals surface area contributed by atoms with Crippen molar-refractivity contribution >= 4 is 37.4 Å². The van der Waals surface area contributed by atoms with Gasteiger partial charge in [0.1, 0.15) is 11.5 Å². The molecule has 0 fully saturated rings. The van der Waals surface area contributed by atoms with Gasteiger partial charge in [-0.2, -0.15) is 0 Å². The molecule has 74 valence electrons. The second-order valence-electron chi connectivity index (χ2n) is 2.81.